The lowest BCUT2D eigenvalue weighted by Gasteiger charge is -2.25. The summed E-state index contributed by atoms with van der Waals surface area (Å²) in [5.74, 6) is 0.282. The Balaban J connectivity index is 1.90. The molecule has 1 saturated carbocycles. The summed E-state index contributed by atoms with van der Waals surface area (Å²) in [5, 5.41) is 7.71. The fraction of sp³-hybridized carbons (Fsp3) is 0.643. The molecule has 3 nitrogen and oxygen atoms in total. The molecule has 2 aliphatic rings. The summed E-state index contributed by atoms with van der Waals surface area (Å²) in [6, 6.07) is 2.51. The Bertz CT molecular complexity index is 454. The van der Waals surface area contributed by atoms with Crippen molar-refractivity contribution >= 4 is 17.2 Å². The number of nitrogens with zero attached hydrogens (tertiary/aromatic N) is 1. The van der Waals surface area contributed by atoms with Crippen molar-refractivity contribution in [2.24, 2.45) is 5.41 Å². The monoisotopic (exact) mass is 264 g/mol. The summed E-state index contributed by atoms with van der Waals surface area (Å²) < 4.78 is 0. The lowest BCUT2D eigenvalue weighted by Crippen LogP contribution is -2.35. The smallest absolute Gasteiger partial charge is 0.241 e. The van der Waals surface area contributed by atoms with E-state index in [0.29, 0.717) is 6.04 Å². The Kier molecular flexibility index (Phi) is 2.75. The molecule has 0 aromatic carbocycles. The number of hydrogen-bond acceptors (Lipinski definition) is 3. The van der Waals surface area contributed by atoms with Crippen LogP contribution in [0.1, 0.15) is 45.3 Å². The lowest BCUT2D eigenvalue weighted by molar-refractivity contribution is -0.131. The molecule has 1 aliphatic carbocycles. The zero-order chi connectivity index (χ0) is 12.9. The van der Waals surface area contributed by atoms with Gasteiger partial charge in [0.1, 0.15) is 6.17 Å². The Morgan fingerprint density at radius 1 is 1.56 bits per heavy atom. The number of rotatable bonds is 3. The maximum Gasteiger partial charge on any atom is 0.241 e. The molecule has 0 spiro atoms. The molecule has 1 aromatic rings. The molecular weight excluding hydrogens is 244 g/mol. The van der Waals surface area contributed by atoms with Crippen LogP contribution in [0.2, 0.25) is 0 Å². The summed E-state index contributed by atoms with van der Waals surface area (Å²) in [6.07, 6.45) is 2.07. The maximum atomic E-state index is 12.5. The van der Waals surface area contributed by atoms with Crippen LogP contribution in [0.4, 0.5) is 0 Å². The van der Waals surface area contributed by atoms with Crippen molar-refractivity contribution in [1.82, 2.24) is 10.2 Å². The van der Waals surface area contributed by atoms with E-state index in [1.165, 1.54) is 5.56 Å². The molecule has 98 valence electrons. The normalized spacial score (nSPS) is 34.1. The van der Waals surface area contributed by atoms with E-state index in [4.69, 9.17) is 0 Å². The SMILES string of the molecule is CCC1NC(c2ccsc2)N(C2CC2(C)C)C1=O. The van der Waals surface area contributed by atoms with Gasteiger partial charge in [0, 0.05) is 6.04 Å². The van der Waals surface area contributed by atoms with Gasteiger partial charge in [-0.3, -0.25) is 10.1 Å². The van der Waals surface area contributed by atoms with Gasteiger partial charge in [0.15, 0.2) is 0 Å². The Morgan fingerprint density at radius 3 is 2.78 bits per heavy atom. The molecule has 3 unspecified atom stereocenters. The van der Waals surface area contributed by atoms with E-state index in [9.17, 15) is 4.79 Å². The molecule has 1 aromatic heterocycles. The molecule has 4 heteroatoms. The van der Waals surface area contributed by atoms with Crippen molar-refractivity contribution in [3.8, 4) is 0 Å². The van der Waals surface area contributed by atoms with E-state index < -0.39 is 0 Å². The molecule has 1 saturated heterocycles. The average molecular weight is 264 g/mol. The summed E-state index contributed by atoms with van der Waals surface area (Å²) in [4.78, 5) is 14.6. The number of carbonyl (C=O) groups is 1. The second kappa shape index (κ2) is 4.07. The zero-order valence-electron chi connectivity index (χ0n) is 11.1. The standard InChI is InChI=1S/C14H20N2OS/c1-4-10-13(17)16(11-7-14(11,2)3)12(15-10)9-5-6-18-8-9/h5-6,8,10-12,15H,4,7H2,1-3H3. The van der Waals surface area contributed by atoms with Gasteiger partial charge < -0.3 is 4.90 Å². The van der Waals surface area contributed by atoms with E-state index >= 15 is 0 Å². The molecule has 18 heavy (non-hydrogen) atoms. The third kappa shape index (κ3) is 1.79. The van der Waals surface area contributed by atoms with Gasteiger partial charge in [-0.1, -0.05) is 20.8 Å². The highest BCUT2D eigenvalue weighted by molar-refractivity contribution is 7.07. The van der Waals surface area contributed by atoms with Crippen molar-refractivity contribution in [3.63, 3.8) is 0 Å². The van der Waals surface area contributed by atoms with Gasteiger partial charge in [-0.25, -0.2) is 0 Å². The highest BCUT2D eigenvalue weighted by Crippen LogP contribution is 2.52. The lowest BCUT2D eigenvalue weighted by atomic mass is 10.1. The van der Waals surface area contributed by atoms with Gasteiger partial charge in [0.2, 0.25) is 5.91 Å². The molecule has 1 N–H and O–H groups in total. The second-order valence-corrected chi connectivity index (χ2v) is 6.82. The minimum Gasteiger partial charge on any atom is -0.318 e. The van der Waals surface area contributed by atoms with Crippen molar-refractivity contribution in [1.29, 1.82) is 0 Å². The summed E-state index contributed by atoms with van der Waals surface area (Å²) >= 11 is 1.69. The van der Waals surface area contributed by atoms with Crippen LogP contribution in [0.15, 0.2) is 16.8 Å². The Morgan fingerprint density at radius 2 is 2.28 bits per heavy atom. The molecule has 3 rings (SSSR count). The van der Waals surface area contributed by atoms with Crippen molar-refractivity contribution in [2.45, 2.75) is 51.9 Å². The van der Waals surface area contributed by atoms with Crippen LogP contribution in [-0.2, 0) is 4.79 Å². The predicted octanol–water partition coefficient (Wildman–Crippen LogP) is 2.76. The van der Waals surface area contributed by atoms with Crippen LogP contribution in [-0.4, -0.2) is 22.9 Å². The number of hydrogen-bond donors (Lipinski definition) is 1. The summed E-state index contributed by atoms with van der Waals surface area (Å²) in [7, 11) is 0. The third-order valence-electron chi connectivity index (χ3n) is 4.25. The fourth-order valence-corrected chi connectivity index (χ4v) is 3.56. The van der Waals surface area contributed by atoms with Crippen molar-refractivity contribution in [3.05, 3.63) is 22.4 Å². The summed E-state index contributed by atoms with van der Waals surface area (Å²) in [5.41, 5.74) is 1.51. The van der Waals surface area contributed by atoms with E-state index in [1.807, 2.05) is 0 Å². The first-order chi connectivity index (χ1) is 8.54. The number of thiophene rings is 1. The first kappa shape index (κ1) is 12.2. The van der Waals surface area contributed by atoms with Crippen molar-refractivity contribution in [2.75, 3.05) is 0 Å². The van der Waals surface area contributed by atoms with E-state index in [-0.39, 0.29) is 23.5 Å². The van der Waals surface area contributed by atoms with Crippen molar-refractivity contribution < 1.29 is 4.79 Å². The number of carbonyl (C=O) groups excluding carboxylic acids is 1. The molecule has 2 heterocycles. The first-order valence-corrected chi connectivity index (χ1v) is 7.59. The van der Waals surface area contributed by atoms with Gasteiger partial charge in [0.05, 0.1) is 6.04 Å². The molecule has 1 aliphatic heterocycles. The Hall–Kier alpha value is -0.870. The van der Waals surface area contributed by atoms with Crippen LogP contribution >= 0.6 is 11.3 Å². The minimum absolute atomic E-state index is 0.00806. The second-order valence-electron chi connectivity index (χ2n) is 6.04. The van der Waals surface area contributed by atoms with E-state index in [1.54, 1.807) is 11.3 Å². The van der Waals surface area contributed by atoms with Crippen LogP contribution < -0.4 is 5.32 Å². The predicted molar refractivity (Wildman–Crippen MR) is 73.3 cm³/mol. The highest BCUT2D eigenvalue weighted by Gasteiger charge is 2.56. The van der Waals surface area contributed by atoms with Crippen LogP contribution in [0.25, 0.3) is 0 Å². The zero-order valence-corrected chi connectivity index (χ0v) is 12.0. The molecule has 1 amide bonds. The average Bonchev–Trinajstić information content (AvgIpc) is 2.77. The molecule has 0 radical (unpaired) electrons. The van der Waals surface area contributed by atoms with Gasteiger partial charge in [-0.2, -0.15) is 11.3 Å². The van der Waals surface area contributed by atoms with Gasteiger partial charge in [0.25, 0.3) is 0 Å². The van der Waals surface area contributed by atoms with Gasteiger partial charge in [-0.15, -0.1) is 0 Å². The van der Waals surface area contributed by atoms with E-state index in [2.05, 4.69) is 47.8 Å². The number of amides is 1. The van der Waals surface area contributed by atoms with Crippen LogP contribution in [0.5, 0.6) is 0 Å². The number of nitrogens with one attached hydrogen (secondary N) is 1. The van der Waals surface area contributed by atoms with Gasteiger partial charge in [-0.05, 0) is 40.6 Å². The van der Waals surface area contributed by atoms with E-state index in [0.717, 1.165) is 12.8 Å². The third-order valence-corrected chi connectivity index (χ3v) is 4.96. The topological polar surface area (TPSA) is 32.3 Å². The molecular formula is C14H20N2OS. The van der Waals surface area contributed by atoms with Crippen LogP contribution in [0, 0.1) is 5.41 Å². The van der Waals surface area contributed by atoms with Crippen LogP contribution in [0.3, 0.4) is 0 Å². The molecule has 0 bridgehead atoms. The first-order valence-electron chi connectivity index (χ1n) is 6.65. The Labute approximate surface area is 112 Å². The summed E-state index contributed by atoms with van der Waals surface area (Å²) in [6.45, 7) is 6.56. The van der Waals surface area contributed by atoms with Gasteiger partial charge >= 0.3 is 0 Å². The molecule has 2 fully saturated rings. The largest absolute Gasteiger partial charge is 0.318 e. The highest BCUT2D eigenvalue weighted by atomic mass is 32.1. The quantitative estimate of drug-likeness (QED) is 0.910. The maximum absolute atomic E-state index is 12.5. The fourth-order valence-electron chi connectivity index (χ4n) is 2.88. The molecule has 3 atom stereocenters. The minimum atomic E-state index is -0.00806.